The van der Waals surface area contributed by atoms with Gasteiger partial charge in [0, 0.05) is 11.1 Å². The highest BCUT2D eigenvalue weighted by Gasteiger charge is 2.60. The first kappa shape index (κ1) is 21.0. The summed E-state index contributed by atoms with van der Waals surface area (Å²) in [7, 11) is 0. The Morgan fingerprint density at radius 1 is 0.848 bits per heavy atom. The number of hydrogen-bond donors (Lipinski definition) is 1. The van der Waals surface area contributed by atoms with Gasteiger partial charge in [0.2, 0.25) is 5.91 Å². The minimum Gasteiger partial charge on any atom is -0.274 e. The van der Waals surface area contributed by atoms with Crippen molar-refractivity contribution in [1.29, 1.82) is 0 Å². The number of amides is 3. The molecule has 0 radical (unpaired) electrons. The lowest BCUT2D eigenvalue weighted by Crippen LogP contribution is -2.48. The average Bonchev–Trinajstić information content (AvgIpc) is 3.32. The van der Waals surface area contributed by atoms with E-state index in [4.69, 9.17) is 0 Å². The predicted octanol–water partition coefficient (Wildman–Crippen LogP) is 3.70. The molecule has 0 aromatic heterocycles. The number of carbonyl (C=O) groups excluding carboxylic acids is 3. The Bertz CT molecular complexity index is 1260. The van der Waals surface area contributed by atoms with Gasteiger partial charge in [-0.25, -0.2) is 14.7 Å². The molecule has 7 heteroatoms. The Labute approximate surface area is 190 Å². The summed E-state index contributed by atoms with van der Waals surface area (Å²) in [5.74, 6) is -2.89. The van der Waals surface area contributed by atoms with Gasteiger partial charge in [-0.1, -0.05) is 53.6 Å². The van der Waals surface area contributed by atoms with E-state index in [1.165, 1.54) is 11.1 Å². The van der Waals surface area contributed by atoms with Gasteiger partial charge < -0.3 is 0 Å². The van der Waals surface area contributed by atoms with Crippen molar-refractivity contribution < 1.29 is 18.8 Å². The van der Waals surface area contributed by atoms with Gasteiger partial charge in [0.1, 0.15) is 11.9 Å². The summed E-state index contributed by atoms with van der Waals surface area (Å²) < 4.78 is 14.7. The lowest BCUT2D eigenvalue weighted by Gasteiger charge is -2.25. The van der Waals surface area contributed by atoms with Crippen LogP contribution >= 0.6 is 0 Å². The monoisotopic (exact) mass is 443 g/mol. The molecule has 2 aliphatic rings. The minimum atomic E-state index is -1.09. The van der Waals surface area contributed by atoms with E-state index in [1.54, 1.807) is 54.6 Å². The number of hydrazine groups is 1. The number of rotatable bonds is 3. The van der Waals surface area contributed by atoms with Crippen LogP contribution in [0.1, 0.15) is 33.1 Å². The zero-order valence-electron chi connectivity index (χ0n) is 18.2. The summed E-state index contributed by atoms with van der Waals surface area (Å²) in [6, 6.07) is 18.1. The minimum absolute atomic E-state index is 0.235. The second-order valence-electron chi connectivity index (χ2n) is 8.49. The summed E-state index contributed by atoms with van der Waals surface area (Å²) in [6.45, 7) is 3.82. The molecule has 0 saturated carbocycles. The number of nitrogens with zero attached hydrogens (tertiary/aromatic N) is 2. The molecule has 2 aliphatic heterocycles. The van der Waals surface area contributed by atoms with Crippen LogP contribution in [0.3, 0.4) is 0 Å². The molecule has 6 nitrogen and oxygen atoms in total. The second-order valence-corrected chi connectivity index (χ2v) is 8.49. The predicted molar refractivity (Wildman–Crippen MR) is 121 cm³/mol. The van der Waals surface area contributed by atoms with Gasteiger partial charge in [0.05, 0.1) is 17.6 Å². The molecule has 3 amide bonds. The molecule has 0 bridgehead atoms. The molecular formula is C26H22FN3O3. The smallest absolute Gasteiger partial charge is 0.268 e. The molecule has 0 aliphatic carbocycles. The van der Waals surface area contributed by atoms with E-state index in [0.29, 0.717) is 11.3 Å². The van der Waals surface area contributed by atoms with E-state index in [9.17, 15) is 18.8 Å². The van der Waals surface area contributed by atoms with Gasteiger partial charge in [0.25, 0.3) is 11.8 Å². The standard InChI is InChI=1S/C26H22FN3O3/c1-15-7-11-17(12-8-15)24(31)30-23-21(22(28-30)19-5-3-4-6-20(19)27)25(32)29(26(23)33)18-13-9-16(2)10-14-18/h3-14,21-23,28H,1-2H3/t21-,22-,23+/m1/s1. The van der Waals surface area contributed by atoms with Gasteiger partial charge in [-0.05, 0) is 44.2 Å². The Kier molecular flexibility index (Phi) is 5.06. The van der Waals surface area contributed by atoms with E-state index in [-0.39, 0.29) is 5.56 Å². The first-order chi connectivity index (χ1) is 15.9. The van der Waals surface area contributed by atoms with Gasteiger partial charge in [0.15, 0.2) is 0 Å². The zero-order chi connectivity index (χ0) is 23.3. The van der Waals surface area contributed by atoms with Crippen molar-refractivity contribution in [2.24, 2.45) is 5.92 Å². The Morgan fingerprint density at radius 2 is 1.45 bits per heavy atom. The molecule has 0 unspecified atom stereocenters. The Balaban J connectivity index is 1.59. The van der Waals surface area contributed by atoms with Crippen LogP contribution in [0.2, 0.25) is 0 Å². The molecule has 2 heterocycles. The molecule has 5 rings (SSSR count). The number of imide groups is 1. The number of hydrogen-bond acceptors (Lipinski definition) is 4. The topological polar surface area (TPSA) is 69.7 Å². The lowest BCUT2D eigenvalue weighted by molar-refractivity contribution is -0.123. The summed E-state index contributed by atoms with van der Waals surface area (Å²) in [6.07, 6.45) is 0. The summed E-state index contributed by atoms with van der Waals surface area (Å²) in [5, 5.41) is 1.20. The second kappa shape index (κ2) is 7.94. The van der Waals surface area contributed by atoms with Crippen molar-refractivity contribution in [2.45, 2.75) is 25.9 Å². The van der Waals surface area contributed by atoms with E-state index in [2.05, 4.69) is 5.43 Å². The van der Waals surface area contributed by atoms with Crippen LogP contribution in [0.5, 0.6) is 0 Å². The molecule has 3 aromatic rings. The highest BCUT2D eigenvalue weighted by Crippen LogP contribution is 2.42. The van der Waals surface area contributed by atoms with Crippen LogP contribution in [-0.2, 0) is 9.59 Å². The first-order valence-electron chi connectivity index (χ1n) is 10.7. The molecule has 3 atom stereocenters. The lowest BCUT2D eigenvalue weighted by atomic mass is 9.90. The number of aryl methyl sites for hydroxylation is 2. The van der Waals surface area contributed by atoms with E-state index < -0.39 is 41.5 Å². The van der Waals surface area contributed by atoms with Gasteiger partial charge >= 0.3 is 0 Å². The summed E-state index contributed by atoms with van der Waals surface area (Å²) in [4.78, 5) is 41.6. The summed E-state index contributed by atoms with van der Waals surface area (Å²) >= 11 is 0. The van der Waals surface area contributed by atoms with Crippen molar-refractivity contribution in [3.63, 3.8) is 0 Å². The fraction of sp³-hybridized carbons (Fsp3) is 0.192. The zero-order valence-corrected chi connectivity index (χ0v) is 18.2. The molecular weight excluding hydrogens is 421 g/mol. The molecule has 2 fully saturated rings. The van der Waals surface area contributed by atoms with Crippen LogP contribution < -0.4 is 10.3 Å². The van der Waals surface area contributed by atoms with E-state index in [1.807, 2.05) is 26.0 Å². The SMILES string of the molecule is Cc1ccc(C(=O)N2N[C@H](c3ccccc3F)[C@H]3C(=O)N(c4ccc(C)cc4)C(=O)[C@H]32)cc1. The number of fused-ring (bicyclic) bond motifs is 1. The largest absolute Gasteiger partial charge is 0.274 e. The number of anilines is 1. The van der Waals surface area contributed by atoms with Crippen LogP contribution in [0.15, 0.2) is 72.8 Å². The van der Waals surface area contributed by atoms with E-state index in [0.717, 1.165) is 16.0 Å². The van der Waals surface area contributed by atoms with Crippen molar-refractivity contribution in [2.75, 3.05) is 4.90 Å². The number of halogens is 1. The van der Waals surface area contributed by atoms with Crippen molar-refractivity contribution in [3.05, 3.63) is 101 Å². The third-order valence-electron chi connectivity index (χ3n) is 6.28. The molecule has 0 spiro atoms. The van der Waals surface area contributed by atoms with Crippen LogP contribution in [0.25, 0.3) is 0 Å². The first-order valence-corrected chi connectivity index (χ1v) is 10.7. The molecule has 33 heavy (non-hydrogen) atoms. The molecule has 3 aromatic carbocycles. The highest BCUT2D eigenvalue weighted by molar-refractivity contribution is 6.25. The third-order valence-corrected chi connectivity index (χ3v) is 6.28. The van der Waals surface area contributed by atoms with Crippen molar-refractivity contribution >= 4 is 23.4 Å². The third kappa shape index (κ3) is 3.41. The molecule has 1 N–H and O–H groups in total. The number of benzene rings is 3. The van der Waals surface area contributed by atoms with Crippen molar-refractivity contribution in [3.8, 4) is 0 Å². The molecule has 166 valence electrons. The fourth-order valence-corrected chi connectivity index (χ4v) is 4.54. The molecule has 2 saturated heterocycles. The highest BCUT2D eigenvalue weighted by atomic mass is 19.1. The van der Waals surface area contributed by atoms with Gasteiger partial charge in [-0.15, -0.1) is 0 Å². The number of carbonyl (C=O) groups is 3. The van der Waals surface area contributed by atoms with Crippen LogP contribution in [0.4, 0.5) is 10.1 Å². The summed E-state index contributed by atoms with van der Waals surface area (Å²) in [5.41, 5.74) is 5.99. The van der Waals surface area contributed by atoms with Crippen LogP contribution in [-0.4, -0.2) is 28.8 Å². The maximum Gasteiger partial charge on any atom is 0.268 e. The normalized spacial score (nSPS) is 22.1. The fourth-order valence-electron chi connectivity index (χ4n) is 4.54. The van der Waals surface area contributed by atoms with E-state index >= 15 is 0 Å². The Hall–Kier alpha value is -3.84. The Morgan fingerprint density at radius 3 is 2.09 bits per heavy atom. The van der Waals surface area contributed by atoms with Gasteiger partial charge in [-0.2, -0.15) is 0 Å². The van der Waals surface area contributed by atoms with Crippen LogP contribution in [0, 0.1) is 25.6 Å². The quantitative estimate of drug-likeness (QED) is 0.627. The average molecular weight is 443 g/mol. The van der Waals surface area contributed by atoms with Crippen molar-refractivity contribution in [1.82, 2.24) is 10.4 Å². The number of nitrogens with one attached hydrogen (secondary N) is 1. The maximum atomic E-state index is 14.7. The maximum absolute atomic E-state index is 14.7. The van der Waals surface area contributed by atoms with Gasteiger partial charge in [-0.3, -0.25) is 19.4 Å².